The van der Waals surface area contributed by atoms with Crippen LogP contribution in [0.2, 0.25) is 0 Å². The number of ether oxygens (including phenoxy) is 1. The van der Waals surface area contributed by atoms with Gasteiger partial charge in [0.15, 0.2) is 0 Å². The molecule has 0 fully saturated rings. The molecule has 0 aliphatic heterocycles. The Morgan fingerprint density at radius 1 is 0.818 bits per heavy atom. The molecule has 1 N–H and O–H groups in total. The van der Waals surface area contributed by atoms with E-state index in [1.54, 1.807) is 18.2 Å². The Morgan fingerprint density at radius 3 is 2.09 bits per heavy atom. The van der Waals surface area contributed by atoms with E-state index < -0.39 is 5.97 Å². The minimum atomic E-state index is -0.955. The van der Waals surface area contributed by atoms with Crippen LogP contribution in [0, 0.1) is 0 Å². The number of carboxylic acids is 1. The van der Waals surface area contributed by atoms with Gasteiger partial charge in [-0.05, 0) is 35.9 Å². The van der Waals surface area contributed by atoms with Crippen LogP contribution in [0.5, 0.6) is 11.5 Å². The predicted molar refractivity (Wildman–Crippen MR) is 85.4 cm³/mol. The van der Waals surface area contributed by atoms with Gasteiger partial charge in [-0.15, -0.1) is 0 Å². The summed E-state index contributed by atoms with van der Waals surface area (Å²) in [5, 5.41) is 9.20. The van der Waals surface area contributed by atoms with Crippen LogP contribution < -0.4 is 4.74 Å². The Hall–Kier alpha value is -3.07. The Morgan fingerprint density at radius 2 is 1.45 bits per heavy atom. The molecule has 3 rings (SSSR count). The lowest BCUT2D eigenvalue weighted by atomic mass is 10.0. The largest absolute Gasteiger partial charge is 0.478 e. The van der Waals surface area contributed by atoms with Gasteiger partial charge in [0.25, 0.3) is 0 Å². The van der Waals surface area contributed by atoms with Gasteiger partial charge in [0.2, 0.25) is 0 Å². The summed E-state index contributed by atoms with van der Waals surface area (Å²) in [4.78, 5) is 11.2. The maximum atomic E-state index is 11.2. The van der Waals surface area contributed by atoms with Crippen LogP contribution >= 0.6 is 0 Å². The summed E-state index contributed by atoms with van der Waals surface area (Å²) in [5.74, 6) is 0.383. The van der Waals surface area contributed by atoms with Crippen molar-refractivity contribution in [3.05, 3.63) is 84.4 Å². The van der Waals surface area contributed by atoms with Crippen LogP contribution in [-0.2, 0) is 0 Å². The second kappa shape index (κ2) is 6.14. The molecule has 0 saturated carbocycles. The van der Waals surface area contributed by atoms with E-state index in [9.17, 15) is 9.90 Å². The zero-order valence-electron chi connectivity index (χ0n) is 11.8. The van der Waals surface area contributed by atoms with Crippen LogP contribution in [0.4, 0.5) is 0 Å². The molecule has 0 unspecified atom stereocenters. The molecule has 3 aromatic carbocycles. The maximum Gasteiger partial charge on any atom is 0.335 e. The van der Waals surface area contributed by atoms with Gasteiger partial charge in [0.1, 0.15) is 11.5 Å². The van der Waals surface area contributed by atoms with Gasteiger partial charge >= 0.3 is 5.97 Å². The van der Waals surface area contributed by atoms with Crippen molar-refractivity contribution in [2.75, 3.05) is 0 Å². The second-order valence-electron chi connectivity index (χ2n) is 4.80. The van der Waals surface area contributed by atoms with Crippen molar-refractivity contribution in [2.45, 2.75) is 0 Å². The van der Waals surface area contributed by atoms with Gasteiger partial charge in [0.05, 0.1) is 5.56 Å². The Balaban J connectivity index is 2.07. The molecule has 0 amide bonds. The van der Waals surface area contributed by atoms with E-state index in [1.807, 2.05) is 60.7 Å². The minimum absolute atomic E-state index is 0.235. The first-order valence-corrected chi connectivity index (χ1v) is 6.90. The Kier molecular flexibility index (Phi) is 3.88. The standard InChI is InChI=1S/C19H14O3/c20-19(21)15-11-12-18(22-16-9-5-2-6-10-16)17(13-15)14-7-3-1-4-8-14/h1-13H,(H,20,21). The third-order valence-electron chi connectivity index (χ3n) is 3.28. The van der Waals surface area contributed by atoms with Crippen molar-refractivity contribution >= 4 is 5.97 Å². The lowest BCUT2D eigenvalue weighted by Gasteiger charge is -2.12. The molecule has 3 aromatic rings. The van der Waals surface area contributed by atoms with E-state index in [0.29, 0.717) is 11.5 Å². The van der Waals surface area contributed by atoms with E-state index >= 15 is 0 Å². The minimum Gasteiger partial charge on any atom is -0.478 e. The number of hydrogen-bond donors (Lipinski definition) is 1. The monoisotopic (exact) mass is 290 g/mol. The summed E-state index contributed by atoms with van der Waals surface area (Å²) in [6.45, 7) is 0. The fraction of sp³-hybridized carbons (Fsp3) is 0. The predicted octanol–water partition coefficient (Wildman–Crippen LogP) is 4.84. The summed E-state index contributed by atoms with van der Waals surface area (Å²) < 4.78 is 5.91. The van der Waals surface area contributed by atoms with Crippen LogP contribution in [0.15, 0.2) is 78.9 Å². The molecule has 108 valence electrons. The summed E-state index contributed by atoms with van der Waals surface area (Å²) in [7, 11) is 0. The summed E-state index contributed by atoms with van der Waals surface area (Å²) in [5.41, 5.74) is 1.90. The van der Waals surface area contributed by atoms with Crippen LogP contribution in [0.3, 0.4) is 0 Å². The van der Waals surface area contributed by atoms with E-state index in [-0.39, 0.29) is 5.56 Å². The third-order valence-corrected chi connectivity index (χ3v) is 3.28. The van der Waals surface area contributed by atoms with Gasteiger partial charge < -0.3 is 9.84 Å². The molecular formula is C19H14O3. The van der Waals surface area contributed by atoms with Crippen LogP contribution in [-0.4, -0.2) is 11.1 Å². The average molecular weight is 290 g/mol. The molecule has 3 nitrogen and oxygen atoms in total. The molecule has 3 heteroatoms. The van der Waals surface area contributed by atoms with E-state index in [4.69, 9.17) is 4.74 Å². The fourth-order valence-electron chi connectivity index (χ4n) is 2.21. The highest BCUT2D eigenvalue weighted by atomic mass is 16.5. The number of hydrogen-bond acceptors (Lipinski definition) is 2. The number of rotatable bonds is 4. The molecule has 0 atom stereocenters. The molecule has 0 aromatic heterocycles. The molecule has 0 aliphatic rings. The smallest absolute Gasteiger partial charge is 0.335 e. The summed E-state index contributed by atoms with van der Waals surface area (Å²) >= 11 is 0. The molecule has 0 bridgehead atoms. The lowest BCUT2D eigenvalue weighted by molar-refractivity contribution is 0.0697. The highest BCUT2D eigenvalue weighted by Gasteiger charge is 2.11. The number of carboxylic acid groups (broad SMARTS) is 1. The molecule has 0 spiro atoms. The highest BCUT2D eigenvalue weighted by molar-refractivity contribution is 5.90. The molecule has 0 saturated heterocycles. The number of aromatic carboxylic acids is 1. The first-order valence-electron chi connectivity index (χ1n) is 6.90. The van der Waals surface area contributed by atoms with Crippen LogP contribution in [0.25, 0.3) is 11.1 Å². The molecule has 22 heavy (non-hydrogen) atoms. The maximum absolute atomic E-state index is 11.2. The normalized spacial score (nSPS) is 10.2. The quantitative estimate of drug-likeness (QED) is 0.747. The van der Waals surface area contributed by atoms with Crippen LogP contribution in [0.1, 0.15) is 10.4 Å². The number of benzene rings is 3. The first-order chi connectivity index (χ1) is 10.7. The third kappa shape index (κ3) is 2.99. The average Bonchev–Trinajstić information content (AvgIpc) is 2.57. The zero-order valence-corrected chi connectivity index (χ0v) is 11.8. The molecule has 0 radical (unpaired) electrons. The topological polar surface area (TPSA) is 46.5 Å². The first kappa shape index (κ1) is 13.9. The van der Waals surface area contributed by atoms with E-state index in [0.717, 1.165) is 11.1 Å². The SMILES string of the molecule is O=C(O)c1ccc(Oc2ccccc2)c(-c2ccccc2)c1. The Bertz CT molecular complexity index is 780. The van der Waals surface area contributed by atoms with Gasteiger partial charge in [0, 0.05) is 5.56 Å². The van der Waals surface area contributed by atoms with Crippen molar-refractivity contribution in [3.8, 4) is 22.6 Å². The summed E-state index contributed by atoms with van der Waals surface area (Å²) in [6.07, 6.45) is 0. The molecule has 0 heterocycles. The van der Waals surface area contributed by atoms with Crippen molar-refractivity contribution in [3.63, 3.8) is 0 Å². The Labute approximate surface area is 128 Å². The van der Waals surface area contributed by atoms with E-state index in [2.05, 4.69) is 0 Å². The van der Waals surface area contributed by atoms with Gasteiger partial charge in [-0.1, -0.05) is 48.5 Å². The zero-order chi connectivity index (χ0) is 15.4. The number of para-hydroxylation sites is 1. The number of carbonyl (C=O) groups is 1. The second-order valence-corrected chi connectivity index (χ2v) is 4.80. The molecular weight excluding hydrogens is 276 g/mol. The fourth-order valence-corrected chi connectivity index (χ4v) is 2.21. The van der Waals surface area contributed by atoms with E-state index in [1.165, 1.54) is 0 Å². The van der Waals surface area contributed by atoms with Gasteiger partial charge in [-0.2, -0.15) is 0 Å². The highest BCUT2D eigenvalue weighted by Crippen LogP contribution is 2.34. The van der Waals surface area contributed by atoms with Crippen molar-refractivity contribution in [2.24, 2.45) is 0 Å². The van der Waals surface area contributed by atoms with Crippen molar-refractivity contribution in [1.82, 2.24) is 0 Å². The molecule has 0 aliphatic carbocycles. The summed E-state index contributed by atoms with van der Waals surface area (Å²) in [6, 6.07) is 23.9. The lowest BCUT2D eigenvalue weighted by Crippen LogP contribution is -1.97. The van der Waals surface area contributed by atoms with Crippen molar-refractivity contribution < 1.29 is 14.6 Å². The van der Waals surface area contributed by atoms with Gasteiger partial charge in [-0.3, -0.25) is 0 Å². The van der Waals surface area contributed by atoms with Gasteiger partial charge in [-0.25, -0.2) is 4.79 Å². The van der Waals surface area contributed by atoms with Crippen molar-refractivity contribution in [1.29, 1.82) is 0 Å².